The average Bonchev–Trinajstić information content (AvgIpc) is 3.44. The van der Waals surface area contributed by atoms with E-state index in [4.69, 9.17) is 23.4 Å². The molecule has 2 aromatic rings. The lowest BCUT2D eigenvalue weighted by Gasteiger charge is -2.44. The van der Waals surface area contributed by atoms with E-state index in [0.717, 1.165) is 25.7 Å². The minimum Gasteiger partial charge on any atom is -0.465 e. The predicted molar refractivity (Wildman–Crippen MR) is 179 cm³/mol. The Morgan fingerprint density at radius 3 is 2.07 bits per heavy atom. The standard InChI is InChI=1S/C37H56O6Si/c1-28-24-29(25-42-44(35(5,6)7,30-16-12-10-13-17-30)31-18-14-11-15-19-31)43-37(28)22-21-36(8,26-40-27-39-9)32(37)20-23-41-33(38)34(2,3)4/h10-19,28-29,32H,20-27H2,1-9H3/t28-,29+,32+,36+,37-/m0/s1. The fraction of sp³-hybridized carbons (Fsp3) is 0.649. The lowest BCUT2D eigenvalue weighted by Crippen LogP contribution is -2.67. The van der Waals surface area contributed by atoms with Crippen molar-refractivity contribution in [2.75, 3.05) is 33.7 Å². The summed E-state index contributed by atoms with van der Waals surface area (Å²) in [6.07, 6.45) is 3.59. The van der Waals surface area contributed by atoms with Crippen LogP contribution in [-0.4, -0.2) is 59.7 Å². The second-order valence-corrected chi connectivity index (χ2v) is 19.7. The molecule has 6 nitrogen and oxygen atoms in total. The van der Waals surface area contributed by atoms with Crippen molar-refractivity contribution < 1.29 is 28.2 Å². The van der Waals surface area contributed by atoms with Gasteiger partial charge in [-0.15, -0.1) is 0 Å². The molecular formula is C37H56O6Si. The van der Waals surface area contributed by atoms with Gasteiger partial charge in [-0.05, 0) is 79.1 Å². The smallest absolute Gasteiger partial charge is 0.311 e. The molecule has 7 heteroatoms. The number of hydrogen-bond acceptors (Lipinski definition) is 6. The number of methoxy groups -OCH3 is 1. The van der Waals surface area contributed by atoms with Crippen LogP contribution in [0.2, 0.25) is 5.04 Å². The van der Waals surface area contributed by atoms with E-state index in [2.05, 4.69) is 95.3 Å². The molecule has 2 fully saturated rings. The third-order valence-corrected chi connectivity index (χ3v) is 15.1. The van der Waals surface area contributed by atoms with Gasteiger partial charge in [-0.25, -0.2) is 0 Å². The van der Waals surface area contributed by atoms with Crippen LogP contribution in [0.15, 0.2) is 60.7 Å². The van der Waals surface area contributed by atoms with Gasteiger partial charge in [-0.3, -0.25) is 4.79 Å². The molecule has 1 heterocycles. The number of esters is 1. The Morgan fingerprint density at radius 1 is 0.955 bits per heavy atom. The molecule has 0 bridgehead atoms. The van der Waals surface area contributed by atoms with Crippen molar-refractivity contribution in [3.63, 3.8) is 0 Å². The summed E-state index contributed by atoms with van der Waals surface area (Å²) in [4.78, 5) is 12.6. The zero-order valence-corrected chi connectivity index (χ0v) is 29.6. The van der Waals surface area contributed by atoms with E-state index in [9.17, 15) is 4.79 Å². The Bertz CT molecular complexity index is 1170. The van der Waals surface area contributed by atoms with Gasteiger partial charge in [0.2, 0.25) is 0 Å². The van der Waals surface area contributed by atoms with Gasteiger partial charge in [0.15, 0.2) is 0 Å². The minimum absolute atomic E-state index is 0.0199. The molecule has 1 saturated carbocycles. The van der Waals surface area contributed by atoms with Crippen molar-refractivity contribution in [2.24, 2.45) is 22.7 Å². The molecule has 0 unspecified atom stereocenters. The fourth-order valence-electron chi connectivity index (χ4n) is 7.91. The van der Waals surface area contributed by atoms with Crippen molar-refractivity contribution in [1.29, 1.82) is 0 Å². The maximum absolute atomic E-state index is 12.6. The van der Waals surface area contributed by atoms with Crippen molar-refractivity contribution in [1.82, 2.24) is 0 Å². The molecule has 44 heavy (non-hydrogen) atoms. The van der Waals surface area contributed by atoms with Gasteiger partial charge >= 0.3 is 5.97 Å². The minimum atomic E-state index is -2.68. The van der Waals surface area contributed by atoms with Gasteiger partial charge < -0.3 is 23.4 Å². The third-order valence-electron chi connectivity index (χ3n) is 10.1. The lowest BCUT2D eigenvalue weighted by molar-refractivity contribution is -0.157. The number of ether oxygens (including phenoxy) is 4. The highest BCUT2D eigenvalue weighted by Gasteiger charge is 2.61. The highest BCUT2D eigenvalue weighted by Crippen LogP contribution is 2.59. The van der Waals surface area contributed by atoms with Crippen molar-refractivity contribution in [3.8, 4) is 0 Å². The van der Waals surface area contributed by atoms with Gasteiger partial charge in [0.1, 0.15) is 6.79 Å². The van der Waals surface area contributed by atoms with Crippen molar-refractivity contribution in [3.05, 3.63) is 60.7 Å². The second-order valence-electron chi connectivity index (χ2n) is 15.4. The summed E-state index contributed by atoms with van der Waals surface area (Å²) in [6.45, 7) is 19.0. The van der Waals surface area contributed by atoms with E-state index in [-0.39, 0.29) is 40.8 Å². The molecule has 0 radical (unpaired) electrons. The summed E-state index contributed by atoms with van der Waals surface area (Å²) in [5, 5.41) is 2.46. The number of benzene rings is 2. The van der Waals surface area contributed by atoms with Crippen LogP contribution in [0.3, 0.4) is 0 Å². The van der Waals surface area contributed by atoms with Crippen LogP contribution in [0.4, 0.5) is 0 Å². The quantitative estimate of drug-likeness (QED) is 0.113. The first kappa shape index (κ1) is 34.8. The molecular weight excluding hydrogens is 568 g/mol. The second kappa shape index (κ2) is 13.8. The topological polar surface area (TPSA) is 63.2 Å². The van der Waals surface area contributed by atoms with Gasteiger partial charge in [-0.1, -0.05) is 95.3 Å². The van der Waals surface area contributed by atoms with Crippen molar-refractivity contribution in [2.45, 2.75) is 97.8 Å². The Labute approximate surface area is 267 Å². The number of carbonyl (C=O) groups is 1. The normalized spacial score (nSPS) is 27.6. The Balaban J connectivity index is 1.60. The van der Waals surface area contributed by atoms with Crippen LogP contribution in [0, 0.1) is 22.7 Å². The number of carbonyl (C=O) groups excluding carboxylic acids is 1. The fourth-order valence-corrected chi connectivity index (χ4v) is 12.5. The first-order chi connectivity index (χ1) is 20.7. The molecule has 1 aliphatic heterocycles. The number of rotatable bonds is 12. The molecule has 1 spiro atoms. The zero-order chi connectivity index (χ0) is 32.2. The molecule has 0 aromatic heterocycles. The van der Waals surface area contributed by atoms with Crippen LogP contribution in [0.5, 0.6) is 0 Å². The molecule has 5 atom stereocenters. The van der Waals surface area contributed by atoms with Crippen molar-refractivity contribution >= 4 is 24.7 Å². The van der Waals surface area contributed by atoms with Crippen LogP contribution < -0.4 is 10.4 Å². The maximum atomic E-state index is 12.6. The predicted octanol–water partition coefficient (Wildman–Crippen LogP) is 6.74. The van der Waals surface area contributed by atoms with Crippen LogP contribution in [0.1, 0.15) is 81.1 Å². The Hall–Kier alpha value is -2.03. The van der Waals surface area contributed by atoms with Gasteiger partial charge in [0.25, 0.3) is 8.32 Å². The molecule has 0 N–H and O–H groups in total. The van der Waals surface area contributed by atoms with Crippen LogP contribution >= 0.6 is 0 Å². The Kier molecular flexibility index (Phi) is 10.9. The number of hydrogen-bond donors (Lipinski definition) is 0. The molecule has 4 rings (SSSR count). The summed E-state index contributed by atoms with van der Waals surface area (Å²) in [5.74, 6) is 0.342. The van der Waals surface area contributed by atoms with Gasteiger partial charge in [-0.2, -0.15) is 0 Å². The average molecular weight is 625 g/mol. The molecule has 2 aromatic carbocycles. The molecule has 244 valence electrons. The maximum Gasteiger partial charge on any atom is 0.311 e. The van der Waals surface area contributed by atoms with Crippen LogP contribution in [-0.2, 0) is 28.2 Å². The van der Waals surface area contributed by atoms with Crippen LogP contribution in [0.25, 0.3) is 0 Å². The Morgan fingerprint density at radius 2 is 1.55 bits per heavy atom. The van der Waals surface area contributed by atoms with E-state index in [1.54, 1.807) is 7.11 Å². The largest absolute Gasteiger partial charge is 0.465 e. The summed E-state index contributed by atoms with van der Waals surface area (Å²) in [5.41, 5.74) is -0.966. The molecule has 1 saturated heterocycles. The highest BCUT2D eigenvalue weighted by molar-refractivity contribution is 6.99. The van der Waals surface area contributed by atoms with Gasteiger partial charge in [0, 0.05) is 7.11 Å². The zero-order valence-electron chi connectivity index (χ0n) is 28.6. The lowest BCUT2D eigenvalue weighted by atomic mass is 9.70. The summed E-state index contributed by atoms with van der Waals surface area (Å²) < 4.78 is 31.5. The molecule has 1 aliphatic carbocycles. The van der Waals surface area contributed by atoms with Gasteiger partial charge in [0.05, 0.1) is 36.9 Å². The first-order valence-corrected chi connectivity index (χ1v) is 18.3. The van der Waals surface area contributed by atoms with E-state index in [1.807, 2.05) is 20.8 Å². The third kappa shape index (κ3) is 7.02. The SMILES string of the molecule is COCOC[C@@]1(C)CC[C@@]2(O[C@@H](CO[Si](c3ccccc3)(c3ccccc3)C(C)(C)C)C[C@@H]2C)[C@@H]1CCOC(=O)C(C)(C)C. The molecule has 0 amide bonds. The van der Waals surface area contributed by atoms with E-state index < -0.39 is 13.7 Å². The highest BCUT2D eigenvalue weighted by atomic mass is 28.4. The monoisotopic (exact) mass is 624 g/mol. The van der Waals surface area contributed by atoms with E-state index >= 15 is 0 Å². The van der Waals surface area contributed by atoms with E-state index in [1.165, 1.54) is 10.4 Å². The summed E-state index contributed by atoms with van der Waals surface area (Å²) in [6, 6.07) is 21.6. The first-order valence-electron chi connectivity index (χ1n) is 16.4. The van der Waals surface area contributed by atoms with E-state index in [0.29, 0.717) is 25.7 Å². The summed E-state index contributed by atoms with van der Waals surface area (Å²) >= 11 is 0. The molecule has 2 aliphatic rings. The summed E-state index contributed by atoms with van der Waals surface area (Å²) in [7, 11) is -1.03.